The predicted molar refractivity (Wildman–Crippen MR) is 64.6 cm³/mol. The van der Waals surface area contributed by atoms with Gasteiger partial charge >= 0.3 is 6.09 Å². The highest BCUT2D eigenvalue weighted by Crippen LogP contribution is 2.59. The number of aliphatic hydroxyl groups is 1. The summed E-state index contributed by atoms with van der Waals surface area (Å²) in [4.78, 5) is 11.5. The van der Waals surface area contributed by atoms with E-state index in [0.717, 1.165) is 19.3 Å². The smallest absolute Gasteiger partial charge is 0.407 e. The second kappa shape index (κ2) is 4.16. The van der Waals surface area contributed by atoms with Gasteiger partial charge in [0.15, 0.2) is 0 Å². The van der Waals surface area contributed by atoms with Crippen molar-refractivity contribution < 1.29 is 14.6 Å². The minimum absolute atomic E-state index is 0.120. The second-order valence-electron chi connectivity index (χ2n) is 6.42. The molecule has 2 N–H and O–H groups in total. The van der Waals surface area contributed by atoms with E-state index in [1.165, 1.54) is 6.42 Å². The van der Waals surface area contributed by atoms with Crippen molar-refractivity contribution in [3.63, 3.8) is 0 Å². The molecule has 98 valence electrons. The molecule has 0 aromatic heterocycles. The highest BCUT2D eigenvalue weighted by molar-refractivity contribution is 5.67. The molecular formula is C13H23NO3. The van der Waals surface area contributed by atoms with E-state index in [1.54, 1.807) is 0 Å². The van der Waals surface area contributed by atoms with E-state index in [2.05, 4.69) is 5.32 Å². The van der Waals surface area contributed by atoms with Crippen LogP contribution in [0.15, 0.2) is 0 Å². The molecular weight excluding hydrogens is 218 g/mol. The molecule has 0 heterocycles. The summed E-state index contributed by atoms with van der Waals surface area (Å²) in [6.07, 6.45) is 3.73. The molecule has 2 fully saturated rings. The Morgan fingerprint density at radius 2 is 2.12 bits per heavy atom. The van der Waals surface area contributed by atoms with E-state index >= 15 is 0 Å². The van der Waals surface area contributed by atoms with Gasteiger partial charge in [-0.3, -0.25) is 0 Å². The Bertz CT molecular complexity index is 304. The van der Waals surface area contributed by atoms with Crippen LogP contribution < -0.4 is 5.32 Å². The number of amides is 1. The molecule has 4 heteroatoms. The van der Waals surface area contributed by atoms with Gasteiger partial charge in [0.2, 0.25) is 0 Å². The Morgan fingerprint density at radius 1 is 1.47 bits per heavy atom. The Labute approximate surface area is 103 Å². The summed E-state index contributed by atoms with van der Waals surface area (Å²) in [7, 11) is 0. The van der Waals surface area contributed by atoms with Crippen molar-refractivity contribution in [3.05, 3.63) is 0 Å². The van der Waals surface area contributed by atoms with Crippen molar-refractivity contribution in [1.29, 1.82) is 0 Å². The maximum atomic E-state index is 11.5. The molecule has 0 aromatic rings. The number of ether oxygens (including phenoxy) is 1. The fraction of sp³-hybridized carbons (Fsp3) is 0.923. The molecule has 0 saturated heterocycles. The normalized spacial score (nSPS) is 30.4. The summed E-state index contributed by atoms with van der Waals surface area (Å²) < 4.78 is 5.19. The van der Waals surface area contributed by atoms with Crippen LogP contribution in [0.25, 0.3) is 0 Å². The van der Waals surface area contributed by atoms with Crippen LogP contribution in [0.3, 0.4) is 0 Å². The lowest BCUT2D eigenvalue weighted by molar-refractivity contribution is -0.167. The lowest BCUT2D eigenvalue weighted by Crippen LogP contribution is -2.60. The van der Waals surface area contributed by atoms with Gasteiger partial charge in [0.1, 0.15) is 5.60 Å². The summed E-state index contributed by atoms with van der Waals surface area (Å²) >= 11 is 0. The highest BCUT2D eigenvalue weighted by Gasteiger charge is 2.57. The zero-order chi connectivity index (χ0) is 12.7. The molecule has 2 saturated carbocycles. The number of hydrogen-bond donors (Lipinski definition) is 2. The quantitative estimate of drug-likeness (QED) is 0.778. The average molecular weight is 241 g/mol. The van der Waals surface area contributed by atoms with E-state index in [1.807, 2.05) is 20.8 Å². The topological polar surface area (TPSA) is 58.6 Å². The van der Waals surface area contributed by atoms with Gasteiger partial charge in [-0.2, -0.15) is 0 Å². The molecule has 0 bridgehead atoms. The molecule has 0 radical (unpaired) electrons. The highest BCUT2D eigenvalue weighted by atomic mass is 16.6. The monoisotopic (exact) mass is 241 g/mol. The van der Waals surface area contributed by atoms with Crippen LogP contribution in [0, 0.1) is 11.3 Å². The zero-order valence-corrected chi connectivity index (χ0v) is 11.0. The minimum atomic E-state index is -0.447. The Morgan fingerprint density at radius 3 is 2.53 bits per heavy atom. The van der Waals surface area contributed by atoms with Crippen LogP contribution >= 0.6 is 0 Å². The lowest BCUT2D eigenvalue weighted by Gasteiger charge is -2.59. The zero-order valence-electron chi connectivity index (χ0n) is 11.0. The van der Waals surface area contributed by atoms with Crippen molar-refractivity contribution in [2.24, 2.45) is 11.3 Å². The maximum absolute atomic E-state index is 11.5. The van der Waals surface area contributed by atoms with E-state index in [4.69, 9.17) is 4.74 Å². The minimum Gasteiger partial charge on any atom is -0.444 e. The first-order valence-electron chi connectivity index (χ1n) is 6.48. The van der Waals surface area contributed by atoms with Gasteiger partial charge in [0.05, 0.1) is 6.10 Å². The standard InChI is InChI=1S/C13H23NO3/c1-12(2,3)17-11(16)14-8-9-7-10(15)13(9)5-4-6-13/h9-10,15H,4-8H2,1-3H3,(H,14,16). The van der Waals surface area contributed by atoms with Gasteiger partial charge in [-0.25, -0.2) is 4.79 Å². The lowest BCUT2D eigenvalue weighted by atomic mass is 9.48. The van der Waals surface area contributed by atoms with E-state index in [-0.39, 0.29) is 17.6 Å². The van der Waals surface area contributed by atoms with Crippen LogP contribution in [0.1, 0.15) is 46.5 Å². The summed E-state index contributed by atoms with van der Waals surface area (Å²) in [6, 6.07) is 0. The van der Waals surface area contributed by atoms with Crippen LogP contribution in [-0.4, -0.2) is 29.4 Å². The molecule has 1 spiro atoms. The van der Waals surface area contributed by atoms with E-state index in [0.29, 0.717) is 12.5 Å². The fourth-order valence-electron chi connectivity index (χ4n) is 2.98. The molecule has 0 aliphatic heterocycles. The predicted octanol–water partition coefficient (Wildman–Crippen LogP) is 2.06. The van der Waals surface area contributed by atoms with Gasteiger partial charge < -0.3 is 15.2 Å². The van der Waals surface area contributed by atoms with Crippen LogP contribution in [0.2, 0.25) is 0 Å². The maximum Gasteiger partial charge on any atom is 0.407 e. The molecule has 1 amide bonds. The summed E-state index contributed by atoms with van der Waals surface area (Å²) in [5.74, 6) is 0.429. The van der Waals surface area contributed by atoms with Gasteiger partial charge in [-0.15, -0.1) is 0 Å². The van der Waals surface area contributed by atoms with Crippen molar-refractivity contribution in [3.8, 4) is 0 Å². The summed E-state index contributed by atoms with van der Waals surface area (Å²) in [5.41, 5.74) is -0.327. The second-order valence-corrected chi connectivity index (χ2v) is 6.42. The number of carbonyl (C=O) groups excluding carboxylic acids is 1. The van der Waals surface area contributed by atoms with Crippen molar-refractivity contribution in [2.45, 2.75) is 58.2 Å². The molecule has 0 aromatic carbocycles. The van der Waals surface area contributed by atoms with Crippen LogP contribution in [0.4, 0.5) is 4.79 Å². The van der Waals surface area contributed by atoms with Crippen LogP contribution in [-0.2, 0) is 4.74 Å². The van der Waals surface area contributed by atoms with Crippen molar-refractivity contribution in [1.82, 2.24) is 5.32 Å². The van der Waals surface area contributed by atoms with Gasteiger partial charge in [-0.1, -0.05) is 6.42 Å². The average Bonchev–Trinajstić information content (AvgIpc) is 2.05. The molecule has 2 rings (SSSR count). The number of rotatable bonds is 2. The Balaban J connectivity index is 1.74. The first-order chi connectivity index (χ1) is 7.83. The number of hydrogen-bond acceptors (Lipinski definition) is 3. The SMILES string of the molecule is CC(C)(C)OC(=O)NCC1CC(O)C12CCC2. The van der Waals surface area contributed by atoms with Crippen molar-refractivity contribution >= 4 is 6.09 Å². The van der Waals surface area contributed by atoms with Gasteiger partial charge in [-0.05, 0) is 46.0 Å². The first kappa shape index (κ1) is 12.7. The summed E-state index contributed by atoms with van der Waals surface area (Å²) in [6.45, 7) is 6.19. The molecule has 2 aliphatic carbocycles. The fourth-order valence-corrected chi connectivity index (χ4v) is 2.98. The number of alkyl carbamates (subject to hydrolysis) is 1. The van der Waals surface area contributed by atoms with Crippen LogP contribution in [0.5, 0.6) is 0 Å². The molecule has 2 atom stereocenters. The summed E-state index contributed by atoms with van der Waals surface area (Å²) in [5, 5.41) is 12.6. The number of carbonyl (C=O) groups is 1. The van der Waals surface area contributed by atoms with Crippen molar-refractivity contribution in [2.75, 3.05) is 6.54 Å². The first-order valence-corrected chi connectivity index (χ1v) is 6.48. The molecule has 17 heavy (non-hydrogen) atoms. The number of nitrogens with one attached hydrogen (secondary N) is 1. The molecule has 4 nitrogen and oxygen atoms in total. The van der Waals surface area contributed by atoms with Gasteiger partial charge in [0.25, 0.3) is 0 Å². The van der Waals surface area contributed by atoms with E-state index in [9.17, 15) is 9.90 Å². The van der Waals surface area contributed by atoms with Gasteiger partial charge in [0, 0.05) is 12.0 Å². The molecule has 2 unspecified atom stereocenters. The van der Waals surface area contributed by atoms with E-state index < -0.39 is 5.60 Å². The Hall–Kier alpha value is -0.770. The Kier molecular flexibility index (Phi) is 3.10. The third kappa shape index (κ3) is 2.41. The third-order valence-corrected chi connectivity index (χ3v) is 4.16. The number of aliphatic hydroxyl groups excluding tert-OH is 1. The third-order valence-electron chi connectivity index (χ3n) is 4.16. The molecule has 2 aliphatic rings. The largest absolute Gasteiger partial charge is 0.444 e.